The fourth-order valence-corrected chi connectivity index (χ4v) is 7.54. The number of hydrogen-bond acceptors (Lipinski definition) is 7. The quantitative estimate of drug-likeness (QED) is 0.138. The highest BCUT2D eigenvalue weighted by Crippen LogP contribution is 2.36. The smallest absolute Gasteiger partial charge is 0.348 e. The Balaban J connectivity index is 1.02. The maximum atomic E-state index is 12.5. The molecule has 10 heteroatoms. The summed E-state index contributed by atoms with van der Waals surface area (Å²) >= 11 is 1.87. The first-order valence-corrected chi connectivity index (χ1v) is 14.7. The molecular formula is C28H35N5O4S. The summed E-state index contributed by atoms with van der Waals surface area (Å²) in [4.78, 5) is 38.6. The number of urea groups is 1. The molecule has 3 amide bonds. The van der Waals surface area contributed by atoms with Crippen molar-refractivity contribution in [2.45, 2.75) is 68.7 Å². The lowest BCUT2D eigenvalue weighted by Gasteiger charge is -2.37. The van der Waals surface area contributed by atoms with Crippen LogP contribution in [0.25, 0.3) is 6.08 Å². The van der Waals surface area contributed by atoms with Gasteiger partial charge in [0.25, 0.3) is 0 Å². The molecule has 3 unspecified atom stereocenters. The Morgan fingerprint density at radius 2 is 1.95 bits per heavy atom. The maximum absolute atomic E-state index is 12.5. The molecule has 1 aromatic carbocycles. The molecule has 4 heterocycles. The molecule has 0 bridgehead atoms. The molecule has 9 nitrogen and oxygen atoms in total. The van der Waals surface area contributed by atoms with E-state index in [1.165, 1.54) is 16.8 Å². The zero-order valence-electron chi connectivity index (χ0n) is 21.6. The fourth-order valence-electron chi connectivity index (χ4n) is 5.99. The molecule has 0 radical (unpaired) electrons. The van der Waals surface area contributed by atoms with Gasteiger partial charge in [0.15, 0.2) is 0 Å². The van der Waals surface area contributed by atoms with E-state index in [0.29, 0.717) is 11.7 Å². The van der Waals surface area contributed by atoms with Crippen molar-refractivity contribution in [2.24, 2.45) is 0 Å². The van der Waals surface area contributed by atoms with Crippen LogP contribution in [-0.2, 0) is 27.2 Å². The lowest BCUT2D eigenvalue weighted by atomic mass is 9.90. The highest BCUT2D eigenvalue weighted by Gasteiger charge is 2.42. The molecule has 2 saturated heterocycles. The van der Waals surface area contributed by atoms with Gasteiger partial charge in [0, 0.05) is 36.2 Å². The number of amides is 3. The molecule has 0 aromatic heterocycles. The Morgan fingerprint density at radius 3 is 2.68 bits per heavy atom. The van der Waals surface area contributed by atoms with Crippen LogP contribution >= 0.6 is 11.8 Å². The Bertz CT molecular complexity index is 1130. The standard InChI is InChI=1S/C28H35N5O4S/c29-16-21(15-18-13-19-5-3-10-33-11-4-6-20(14-18)26(19)33)27(35)37-12-9-30-24(34)8-2-1-7-23-25-22(17-38-23)31-28(36)32-25/h13-15,22-23,25H,1-12,17H2,(H,30,34)(H2,31,32,36)/b21-15+. The minimum absolute atomic E-state index is 0.0163. The molecule has 0 saturated carbocycles. The van der Waals surface area contributed by atoms with Crippen molar-refractivity contribution in [1.82, 2.24) is 16.0 Å². The van der Waals surface area contributed by atoms with Crippen molar-refractivity contribution in [1.29, 1.82) is 5.26 Å². The SMILES string of the molecule is N#C/C(=C\c1cc2c3c(c1)CCCN3CCC2)C(=O)OCCNC(=O)CCCCC1SCC2NC(=O)NC21. The largest absolute Gasteiger partial charge is 0.460 e. The molecule has 3 N–H and O–H groups in total. The van der Waals surface area contributed by atoms with E-state index >= 15 is 0 Å². The monoisotopic (exact) mass is 537 g/mol. The zero-order valence-corrected chi connectivity index (χ0v) is 22.4. The van der Waals surface area contributed by atoms with Crippen LogP contribution in [0.3, 0.4) is 0 Å². The summed E-state index contributed by atoms with van der Waals surface area (Å²) in [5, 5.41) is 18.7. The third-order valence-corrected chi connectivity index (χ3v) is 9.25. The number of nitrogens with zero attached hydrogens (tertiary/aromatic N) is 2. The number of thioether (sulfide) groups is 1. The number of anilines is 1. The Kier molecular flexibility index (Phi) is 8.42. The number of carbonyl (C=O) groups excluding carboxylic acids is 3. The van der Waals surface area contributed by atoms with Gasteiger partial charge in [-0.3, -0.25) is 4.79 Å². The van der Waals surface area contributed by atoms with E-state index in [9.17, 15) is 19.6 Å². The van der Waals surface area contributed by atoms with Crippen molar-refractivity contribution in [3.05, 3.63) is 34.4 Å². The van der Waals surface area contributed by atoms with Gasteiger partial charge < -0.3 is 25.6 Å². The molecule has 2 fully saturated rings. The number of rotatable bonds is 10. The van der Waals surface area contributed by atoms with Gasteiger partial charge in [-0.05, 0) is 73.4 Å². The number of esters is 1. The summed E-state index contributed by atoms with van der Waals surface area (Å²) in [6.07, 6.45) is 8.94. The number of aryl methyl sites for hydroxylation is 2. The molecular weight excluding hydrogens is 502 g/mol. The maximum Gasteiger partial charge on any atom is 0.348 e. The number of benzene rings is 1. The van der Waals surface area contributed by atoms with Crippen LogP contribution in [0, 0.1) is 11.3 Å². The van der Waals surface area contributed by atoms with Crippen LogP contribution in [0.1, 0.15) is 55.2 Å². The van der Waals surface area contributed by atoms with E-state index < -0.39 is 5.97 Å². The van der Waals surface area contributed by atoms with Gasteiger partial charge in [0.05, 0.1) is 18.6 Å². The van der Waals surface area contributed by atoms with Crippen LogP contribution in [0.2, 0.25) is 0 Å². The third kappa shape index (κ3) is 6.09. The second-order valence-electron chi connectivity index (χ2n) is 10.4. The van der Waals surface area contributed by atoms with Gasteiger partial charge in [-0.1, -0.05) is 6.42 Å². The fraction of sp³-hybridized carbons (Fsp3) is 0.571. The van der Waals surface area contributed by atoms with Crippen LogP contribution in [0.5, 0.6) is 0 Å². The zero-order chi connectivity index (χ0) is 26.5. The molecule has 0 spiro atoms. The van der Waals surface area contributed by atoms with Crippen molar-refractivity contribution >= 4 is 41.4 Å². The van der Waals surface area contributed by atoms with Crippen LogP contribution in [0.4, 0.5) is 10.5 Å². The summed E-state index contributed by atoms with van der Waals surface area (Å²) in [5.41, 5.74) is 4.76. The van der Waals surface area contributed by atoms with Crippen molar-refractivity contribution in [2.75, 3.05) is 36.9 Å². The number of fused-ring (bicyclic) bond motifs is 1. The van der Waals surface area contributed by atoms with Gasteiger partial charge >= 0.3 is 12.0 Å². The molecule has 5 rings (SSSR count). The molecule has 3 atom stereocenters. The van der Waals surface area contributed by atoms with Crippen LogP contribution in [0.15, 0.2) is 17.7 Å². The lowest BCUT2D eigenvalue weighted by Crippen LogP contribution is -2.36. The third-order valence-electron chi connectivity index (χ3n) is 7.74. The number of nitrogens with one attached hydrogen (secondary N) is 3. The Hall–Kier alpha value is -3.19. The van der Waals surface area contributed by atoms with Gasteiger partial charge in [0.1, 0.15) is 18.2 Å². The minimum atomic E-state index is -0.671. The van der Waals surface area contributed by atoms with E-state index in [1.807, 2.05) is 17.8 Å². The molecule has 202 valence electrons. The number of ether oxygens (including phenoxy) is 1. The lowest BCUT2D eigenvalue weighted by molar-refractivity contribution is -0.138. The van der Waals surface area contributed by atoms with Crippen molar-refractivity contribution < 1.29 is 19.1 Å². The predicted molar refractivity (Wildman–Crippen MR) is 147 cm³/mol. The first-order chi connectivity index (χ1) is 18.5. The highest BCUT2D eigenvalue weighted by molar-refractivity contribution is 8.00. The number of carbonyl (C=O) groups is 3. The highest BCUT2D eigenvalue weighted by atomic mass is 32.2. The number of hydrogen-bond donors (Lipinski definition) is 3. The average Bonchev–Trinajstić information content (AvgIpc) is 3.47. The topological polar surface area (TPSA) is 124 Å². The summed E-state index contributed by atoms with van der Waals surface area (Å²) in [6.45, 7) is 2.42. The van der Waals surface area contributed by atoms with Gasteiger partial charge in [0.2, 0.25) is 5.91 Å². The first kappa shape index (κ1) is 26.4. The molecule has 38 heavy (non-hydrogen) atoms. The van der Waals surface area contributed by atoms with Gasteiger partial charge in [-0.2, -0.15) is 17.0 Å². The summed E-state index contributed by atoms with van der Waals surface area (Å²) in [5.74, 6) is 0.181. The molecule has 4 aliphatic rings. The molecule has 0 aliphatic carbocycles. The van der Waals surface area contributed by atoms with E-state index in [-0.39, 0.29) is 42.7 Å². The van der Waals surface area contributed by atoms with Crippen molar-refractivity contribution in [3.63, 3.8) is 0 Å². The molecule has 4 aliphatic heterocycles. The van der Waals surface area contributed by atoms with Crippen LogP contribution in [-0.4, -0.2) is 67.2 Å². The van der Waals surface area contributed by atoms with Crippen LogP contribution < -0.4 is 20.9 Å². The van der Waals surface area contributed by atoms with E-state index in [1.54, 1.807) is 6.08 Å². The Labute approximate surface area is 227 Å². The Morgan fingerprint density at radius 1 is 1.18 bits per heavy atom. The minimum Gasteiger partial charge on any atom is -0.460 e. The number of nitriles is 1. The normalized spacial score (nSPS) is 23.6. The van der Waals surface area contributed by atoms with Crippen molar-refractivity contribution in [3.8, 4) is 6.07 Å². The van der Waals surface area contributed by atoms with E-state index in [2.05, 4.69) is 33.0 Å². The number of unbranched alkanes of at least 4 members (excludes halogenated alkanes) is 1. The average molecular weight is 538 g/mol. The summed E-state index contributed by atoms with van der Waals surface area (Å²) in [7, 11) is 0. The van der Waals surface area contributed by atoms with E-state index in [4.69, 9.17) is 4.74 Å². The molecule has 1 aromatic rings. The van der Waals surface area contributed by atoms with Gasteiger partial charge in [-0.15, -0.1) is 0 Å². The summed E-state index contributed by atoms with van der Waals surface area (Å²) in [6, 6.07) is 6.48. The summed E-state index contributed by atoms with van der Waals surface area (Å²) < 4.78 is 5.26. The van der Waals surface area contributed by atoms with E-state index in [0.717, 1.165) is 69.4 Å². The predicted octanol–water partition coefficient (Wildman–Crippen LogP) is 2.68. The second kappa shape index (κ2) is 12.1. The first-order valence-electron chi connectivity index (χ1n) is 13.7. The second-order valence-corrected chi connectivity index (χ2v) is 11.7. The van der Waals surface area contributed by atoms with Gasteiger partial charge in [-0.25, -0.2) is 9.59 Å².